The minimum atomic E-state index is -4.50. The summed E-state index contributed by atoms with van der Waals surface area (Å²) in [4.78, 5) is 31.9. The van der Waals surface area contributed by atoms with Crippen LogP contribution in [0, 0.1) is 0 Å². The van der Waals surface area contributed by atoms with Crippen LogP contribution in [0.4, 0.5) is 13.2 Å². The standard InChI is InChI=1S/C17H19F3N4O2/c1-3-13-15(16(26)23-8-6-22(7-9-23)11(2)25)24-10-12(17(18,19)20)4-5-14(24)21-13/h4-5,10H,3,6-9H2,1-2H3. The van der Waals surface area contributed by atoms with Crippen molar-refractivity contribution in [2.75, 3.05) is 26.2 Å². The van der Waals surface area contributed by atoms with Gasteiger partial charge in [0.15, 0.2) is 0 Å². The highest BCUT2D eigenvalue weighted by atomic mass is 19.4. The summed E-state index contributed by atoms with van der Waals surface area (Å²) in [5.74, 6) is -0.423. The predicted octanol–water partition coefficient (Wildman–Crippen LogP) is 2.22. The van der Waals surface area contributed by atoms with Crippen LogP contribution in [0.1, 0.15) is 35.6 Å². The van der Waals surface area contributed by atoms with Crippen molar-refractivity contribution >= 4 is 17.5 Å². The molecule has 2 aromatic heterocycles. The topological polar surface area (TPSA) is 57.9 Å². The van der Waals surface area contributed by atoms with Crippen molar-refractivity contribution in [3.05, 3.63) is 35.3 Å². The minimum Gasteiger partial charge on any atom is -0.339 e. The molecule has 0 atom stereocenters. The molecule has 0 aromatic carbocycles. The quantitative estimate of drug-likeness (QED) is 0.817. The molecule has 0 unspecified atom stereocenters. The van der Waals surface area contributed by atoms with E-state index in [4.69, 9.17) is 0 Å². The number of carbonyl (C=O) groups excluding carboxylic acids is 2. The number of imidazole rings is 1. The van der Waals surface area contributed by atoms with E-state index in [9.17, 15) is 22.8 Å². The average Bonchev–Trinajstić information content (AvgIpc) is 2.98. The summed E-state index contributed by atoms with van der Waals surface area (Å²) in [6.45, 7) is 4.77. The number of fused-ring (bicyclic) bond motifs is 1. The molecular formula is C17H19F3N4O2. The van der Waals surface area contributed by atoms with Gasteiger partial charge in [0, 0.05) is 39.3 Å². The second-order valence-electron chi connectivity index (χ2n) is 6.20. The largest absolute Gasteiger partial charge is 0.417 e. The fourth-order valence-electron chi connectivity index (χ4n) is 3.11. The highest BCUT2D eigenvalue weighted by molar-refractivity contribution is 5.95. The van der Waals surface area contributed by atoms with Crippen LogP contribution >= 0.6 is 0 Å². The van der Waals surface area contributed by atoms with Gasteiger partial charge in [-0.05, 0) is 18.6 Å². The second kappa shape index (κ2) is 6.62. The molecule has 1 aliphatic heterocycles. The van der Waals surface area contributed by atoms with Gasteiger partial charge in [-0.3, -0.25) is 14.0 Å². The van der Waals surface area contributed by atoms with E-state index in [1.807, 2.05) is 0 Å². The van der Waals surface area contributed by atoms with Crippen molar-refractivity contribution in [2.24, 2.45) is 0 Å². The summed E-state index contributed by atoms with van der Waals surface area (Å²) >= 11 is 0. The van der Waals surface area contributed by atoms with Crippen LogP contribution in [0.25, 0.3) is 5.65 Å². The minimum absolute atomic E-state index is 0.0593. The van der Waals surface area contributed by atoms with Crippen molar-refractivity contribution in [3.8, 4) is 0 Å². The zero-order chi connectivity index (χ0) is 19.1. The smallest absolute Gasteiger partial charge is 0.339 e. The molecule has 2 aromatic rings. The van der Waals surface area contributed by atoms with Gasteiger partial charge >= 0.3 is 6.18 Å². The highest BCUT2D eigenvalue weighted by Crippen LogP contribution is 2.30. The number of rotatable bonds is 2. The number of aryl methyl sites for hydroxylation is 1. The molecular weight excluding hydrogens is 349 g/mol. The van der Waals surface area contributed by atoms with Crippen LogP contribution < -0.4 is 0 Å². The van der Waals surface area contributed by atoms with Crippen molar-refractivity contribution in [3.63, 3.8) is 0 Å². The van der Waals surface area contributed by atoms with E-state index >= 15 is 0 Å². The third kappa shape index (κ3) is 3.25. The van der Waals surface area contributed by atoms with Crippen LogP contribution in [0.15, 0.2) is 18.3 Å². The highest BCUT2D eigenvalue weighted by Gasteiger charge is 2.33. The Balaban J connectivity index is 1.97. The van der Waals surface area contributed by atoms with Gasteiger partial charge in [0.1, 0.15) is 11.3 Å². The molecule has 2 amide bonds. The third-order valence-corrected chi connectivity index (χ3v) is 4.57. The second-order valence-corrected chi connectivity index (χ2v) is 6.20. The molecule has 0 N–H and O–H groups in total. The number of aromatic nitrogens is 2. The number of pyridine rings is 1. The lowest BCUT2D eigenvalue weighted by atomic mass is 10.2. The summed E-state index contributed by atoms with van der Waals surface area (Å²) in [7, 11) is 0. The molecule has 0 radical (unpaired) electrons. The van der Waals surface area contributed by atoms with E-state index in [1.54, 1.807) is 16.7 Å². The van der Waals surface area contributed by atoms with Crippen molar-refractivity contribution in [1.82, 2.24) is 19.2 Å². The first-order valence-corrected chi connectivity index (χ1v) is 8.35. The van der Waals surface area contributed by atoms with Gasteiger partial charge in [-0.2, -0.15) is 13.2 Å². The molecule has 26 heavy (non-hydrogen) atoms. The van der Waals surface area contributed by atoms with Gasteiger partial charge in [0.25, 0.3) is 5.91 Å². The molecule has 1 saturated heterocycles. The third-order valence-electron chi connectivity index (χ3n) is 4.57. The molecule has 6 nitrogen and oxygen atoms in total. The maximum absolute atomic E-state index is 13.0. The Morgan fingerprint density at radius 3 is 2.27 bits per heavy atom. The molecule has 0 spiro atoms. The van der Waals surface area contributed by atoms with Gasteiger partial charge in [-0.15, -0.1) is 0 Å². The van der Waals surface area contributed by atoms with Gasteiger partial charge in [-0.25, -0.2) is 4.98 Å². The average molecular weight is 368 g/mol. The molecule has 9 heteroatoms. The predicted molar refractivity (Wildman–Crippen MR) is 87.7 cm³/mol. The molecule has 1 aliphatic rings. The normalized spacial score (nSPS) is 15.6. The number of hydrogen-bond acceptors (Lipinski definition) is 3. The van der Waals surface area contributed by atoms with Gasteiger partial charge in [0.2, 0.25) is 5.91 Å². The fourth-order valence-corrected chi connectivity index (χ4v) is 3.11. The van der Waals surface area contributed by atoms with Crippen molar-refractivity contribution in [2.45, 2.75) is 26.4 Å². The van der Waals surface area contributed by atoms with Gasteiger partial charge in [0.05, 0.1) is 11.3 Å². The lowest BCUT2D eigenvalue weighted by Gasteiger charge is -2.34. The van der Waals surface area contributed by atoms with E-state index in [-0.39, 0.29) is 17.5 Å². The number of nitrogens with zero attached hydrogens (tertiary/aromatic N) is 4. The number of halogens is 3. The number of alkyl halides is 3. The lowest BCUT2D eigenvalue weighted by Crippen LogP contribution is -2.50. The van der Waals surface area contributed by atoms with E-state index in [0.29, 0.717) is 43.9 Å². The van der Waals surface area contributed by atoms with Crippen LogP contribution in [0.3, 0.4) is 0 Å². The van der Waals surface area contributed by atoms with Crippen molar-refractivity contribution in [1.29, 1.82) is 0 Å². The fraction of sp³-hybridized carbons (Fsp3) is 0.471. The first kappa shape index (κ1) is 18.2. The first-order valence-electron chi connectivity index (χ1n) is 8.35. The summed E-state index contributed by atoms with van der Waals surface area (Å²) in [6, 6.07) is 2.23. The Hall–Kier alpha value is -2.58. The van der Waals surface area contributed by atoms with E-state index in [2.05, 4.69) is 4.98 Å². The summed E-state index contributed by atoms with van der Waals surface area (Å²) in [6.07, 6.45) is -3.16. The molecule has 3 rings (SSSR count). The number of amides is 2. The number of carbonyl (C=O) groups is 2. The monoisotopic (exact) mass is 368 g/mol. The molecule has 0 bridgehead atoms. The maximum atomic E-state index is 13.0. The van der Waals surface area contributed by atoms with Crippen LogP contribution in [0.2, 0.25) is 0 Å². The number of hydrogen-bond donors (Lipinski definition) is 0. The molecule has 1 fully saturated rings. The van der Waals surface area contributed by atoms with E-state index < -0.39 is 11.7 Å². The Morgan fingerprint density at radius 1 is 1.12 bits per heavy atom. The Morgan fingerprint density at radius 2 is 1.73 bits per heavy atom. The van der Waals surface area contributed by atoms with Crippen LogP contribution in [-0.2, 0) is 17.4 Å². The zero-order valence-electron chi connectivity index (χ0n) is 14.5. The lowest BCUT2D eigenvalue weighted by molar-refractivity contribution is -0.137. The zero-order valence-corrected chi connectivity index (χ0v) is 14.5. The van der Waals surface area contributed by atoms with Crippen LogP contribution in [0.5, 0.6) is 0 Å². The SMILES string of the molecule is CCc1nc2ccc(C(F)(F)F)cn2c1C(=O)N1CCN(C(C)=O)CC1. The van der Waals surface area contributed by atoms with Gasteiger partial charge in [-0.1, -0.05) is 6.92 Å². The van der Waals surface area contributed by atoms with Crippen molar-refractivity contribution < 1.29 is 22.8 Å². The molecule has 0 saturated carbocycles. The Labute approximate surface area is 148 Å². The van der Waals surface area contributed by atoms with E-state index in [0.717, 1.165) is 12.3 Å². The molecule has 3 heterocycles. The van der Waals surface area contributed by atoms with E-state index in [1.165, 1.54) is 17.4 Å². The molecule has 0 aliphatic carbocycles. The summed E-state index contributed by atoms with van der Waals surface area (Å²) < 4.78 is 40.4. The number of piperazine rings is 1. The Bertz CT molecular complexity index is 852. The maximum Gasteiger partial charge on any atom is 0.417 e. The summed E-state index contributed by atoms with van der Waals surface area (Å²) in [5, 5.41) is 0. The Kier molecular flexibility index (Phi) is 4.64. The first-order chi connectivity index (χ1) is 12.2. The summed E-state index contributed by atoms with van der Waals surface area (Å²) in [5.41, 5.74) is 0.0919. The van der Waals surface area contributed by atoms with Gasteiger partial charge < -0.3 is 9.80 Å². The van der Waals surface area contributed by atoms with Crippen LogP contribution in [-0.4, -0.2) is 57.2 Å². The molecule has 140 valence electrons.